The third kappa shape index (κ3) is 6.49. The van der Waals surface area contributed by atoms with Crippen LogP contribution in [0.1, 0.15) is 44.6 Å². The van der Waals surface area contributed by atoms with E-state index in [-0.39, 0.29) is 30.1 Å². The van der Waals surface area contributed by atoms with Crippen LogP contribution >= 0.6 is 12.4 Å². The molecule has 1 aromatic rings. The highest BCUT2D eigenvalue weighted by Gasteiger charge is 2.29. The van der Waals surface area contributed by atoms with Crippen LogP contribution < -0.4 is 10.6 Å². The molecule has 1 unspecified atom stereocenters. The van der Waals surface area contributed by atoms with Crippen molar-refractivity contribution in [3.05, 3.63) is 35.9 Å². The van der Waals surface area contributed by atoms with E-state index in [1.54, 1.807) is 0 Å². The van der Waals surface area contributed by atoms with E-state index in [4.69, 9.17) is 0 Å². The van der Waals surface area contributed by atoms with Crippen molar-refractivity contribution in [2.24, 2.45) is 17.8 Å². The van der Waals surface area contributed by atoms with Gasteiger partial charge in [-0.2, -0.15) is 0 Å². The molecule has 2 amide bonds. The number of amides is 2. The number of hydrogen-bond acceptors (Lipinski definition) is 3. The van der Waals surface area contributed by atoms with Gasteiger partial charge in [-0.1, -0.05) is 37.3 Å². The van der Waals surface area contributed by atoms with Gasteiger partial charge >= 0.3 is 0 Å². The van der Waals surface area contributed by atoms with Crippen molar-refractivity contribution in [1.29, 1.82) is 0 Å². The first-order chi connectivity index (χ1) is 13.1. The average Bonchev–Trinajstić information content (AvgIpc) is 2.73. The summed E-state index contributed by atoms with van der Waals surface area (Å²) >= 11 is 0. The van der Waals surface area contributed by atoms with Crippen molar-refractivity contribution >= 4 is 24.2 Å². The smallest absolute Gasteiger partial charge is 0.223 e. The van der Waals surface area contributed by atoms with Crippen LogP contribution in [0.25, 0.3) is 0 Å². The standard InChI is InChI=1S/C22H33N3O2.ClH/c1-17(19-7-11-23-12-8-19)15-21(26)25-13-9-20(10-14-25)22(27)24-16-18-5-3-2-4-6-18;/h2-6,17,19-20,23H,7-16H2,1H3,(H,24,27);1H. The van der Waals surface area contributed by atoms with Gasteiger partial charge in [-0.05, 0) is 56.2 Å². The molecule has 3 rings (SSSR count). The number of rotatable bonds is 6. The molecule has 0 aliphatic carbocycles. The molecule has 1 atom stereocenters. The summed E-state index contributed by atoms with van der Waals surface area (Å²) in [5.74, 6) is 1.53. The molecule has 2 heterocycles. The zero-order valence-electron chi connectivity index (χ0n) is 16.9. The van der Waals surface area contributed by atoms with Crippen LogP contribution in [0.3, 0.4) is 0 Å². The molecule has 2 fully saturated rings. The highest BCUT2D eigenvalue weighted by Crippen LogP contribution is 2.26. The molecule has 0 aromatic heterocycles. The fraction of sp³-hybridized carbons (Fsp3) is 0.636. The molecular weight excluding hydrogens is 374 g/mol. The normalized spacial score (nSPS) is 19.5. The summed E-state index contributed by atoms with van der Waals surface area (Å²) in [6.45, 7) is 6.37. The van der Waals surface area contributed by atoms with Gasteiger partial charge in [0.25, 0.3) is 0 Å². The molecule has 1 aromatic carbocycles. The second kappa shape index (κ2) is 11.4. The zero-order chi connectivity index (χ0) is 19.1. The number of carbonyl (C=O) groups excluding carboxylic acids is 2. The third-order valence-electron chi connectivity index (χ3n) is 6.21. The molecular formula is C22H34ClN3O2. The van der Waals surface area contributed by atoms with Crippen molar-refractivity contribution in [1.82, 2.24) is 15.5 Å². The quantitative estimate of drug-likeness (QED) is 0.762. The van der Waals surface area contributed by atoms with Crippen LogP contribution in [0.4, 0.5) is 0 Å². The number of nitrogens with zero attached hydrogens (tertiary/aromatic N) is 1. The molecule has 156 valence electrons. The molecule has 0 spiro atoms. The number of likely N-dealkylation sites (tertiary alicyclic amines) is 1. The lowest BCUT2D eigenvalue weighted by Gasteiger charge is -2.34. The first-order valence-electron chi connectivity index (χ1n) is 10.4. The lowest BCUT2D eigenvalue weighted by molar-refractivity contribution is -0.136. The van der Waals surface area contributed by atoms with E-state index in [0.29, 0.717) is 37.9 Å². The molecule has 0 saturated carbocycles. The zero-order valence-corrected chi connectivity index (χ0v) is 17.7. The Morgan fingerprint density at radius 2 is 1.75 bits per heavy atom. The summed E-state index contributed by atoms with van der Waals surface area (Å²) in [4.78, 5) is 27.0. The summed E-state index contributed by atoms with van der Waals surface area (Å²) in [6, 6.07) is 9.98. The number of nitrogens with one attached hydrogen (secondary N) is 2. The summed E-state index contributed by atoms with van der Waals surface area (Å²) in [6.07, 6.45) is 4.55. The van der Waals surface area contributed by atoms with Crippen LogP contribution in [0.5, 0.6) is 0 Å². The molecule has 28 heavy (non-hydrogen) atoms. The van der Waals surface area contributed by atoms with Crippen molar-refractivity contribution in [3.8, 4) is 0 Å². The highest BCUT2D eigenvalue weighted by atomic mass is 35.5. The van der Waals surface area contributed by atoms with Gasteiger partial charge in [-0.15, -0.1) is 12.4 Å². The summed E-state index contributed by atoms with van der Waals surface area (Å²) in [7, 11) is 0. The monoisotopic (exact) mass is 407 g/mol. The molecule has 2 N–H and O–H groups in total. The van der Waals surface area contributed by atoms with Crippen molar-refractivity contribution in [2.75, 3.05) is 26.2 Å². The van der Waals surface area contributed by atoms with Crippen molar-refractivity contribution in [2.45, 2.75) is 45.6 Å². The van der Waals surface area contributed by atoms with Crippen LogP contribution in [0.15, 0.2) is 30.3 Å². The minimum atomic E-state index is 0. The van der Waals surface area contributed by atoms with Gasteiger partial charge < -0.3 is 15.5 Å². The van der Waals surface area contributed by atoms with Gasteiger partial charge in [0.15, 0.2) is 0 Å². The van der Waals surface area contributed by atoms with Gasteiger partial charge in [0.05, 0.1) is 0 Å². The molecule has 6 heteroatoms. The van der Waals surface area contributed by atoms with Crippen molar-refractivity contribution in [3.63, 3.8) is 0 Å². The number of halogens is 1. The predicted octanol–water partition coefficient (Wildman–Crippen LogP) is 2.99. The summed E-state index contributed by atoms with van der Waals surface area (Å²) < 4.78 is 0. The van der Waals surface area contributed by atoms with E-state index in [1.165, 1.54) is 12.8 Å². The molecule has 2 aliphatic heterocycles. The Morgan fingerprint density at radius 3 is 2.39 bits per heavy atom. The average molecular weight is 408 g/mol. The van der Waals surface area contributed by atoms with Gasteiger partial charge in [0.2, 0.25) is 11.8 Å². The predicted molar refractivity (Wildman–Crippen MR) is 114 cm³/mol. The Kier molecular flexibility index (Phi) is 9.26. The maximum atomic E-state index is 12.6. The Balaban J connectivity index is 0.00000280. The van der Waals surface area contributed by atoms with E-state index >= 15 is 0 Å². The Morgan fingerprint density at radius 1 is 1.11 bits per heavy atom. The molecule has 2 aliphatic rings. The Bertz CT molecular complexity index is 611. The van der Waals surface area contributed by atoms with E-state index < -0.39 is 0 Å². The highest BCUT2D eigenvalue weighted by molar-refractivity contribution is 5.85. The topological polar surface area (TPSA) is 61.4 Å². The van der Waals surface area contributed by atoms with Gasteiger partial charge in [-0.3, -0.25) is 9.59 Å². The number of hydrogen-bond donors (Lipinski definition) is 2. The fourth-order valence-electron chi connectivity index (χ4n) is 4.30. The van der Waals surface area contributed by atoms with E-state index in [9.17, 15) is 9.59 Å². The second-order valence-electron chi connectivity index (χ2n) is 8.13. The molecule has 5 nitrogen and oxygen atoms in total. The van der Waals surface area contributed by atoms with Crippen LogP contribution in [0.2, 0.25) is 0 Å². The molecule has 0 radical (unpaired) electrons. The van der Waals surface area contributed by atoms with Gasteiger partial charge in [0.1, 0.15) is 0 Å². The van der Waals surface area contributed by atoms with Crippen molar-refractivity contribution < 1.29 is 9.59 Å². The van der Waals surface area contributed by atoms with E-state index in [2.05, 4.69) is 17.6 Å². The van der Waals surface area contributed by atoms with Crippen LogP contribution in [-0.4, -0.2) is 42.9 Å². The Labute approximate surface area is 175 Å². The third-order valence-corrected chi connectivity index (χ3v) is 6.21. The first-order valence-corrected chi connectivity index (χ1v) is 10.4. The van der Waals surface area contributed by atoms with Gasteiger partial charge in [0, 0.05) is 32.0 Å². The Hall–Kier alpha value is -1.59. The largest absolute Gasteiger partial charge is 0.352 e. The van der Waals surface area contributed by atoms with Crippen LogP contribution in [0, 0.1) is 17.8 Å². The van der Waals surface area contributed by atoms with Gasteiger partial charge in [-0.25, -0.2) is 0 Å². The minimum Gasteiger partial charge on any atom is -0.352 e. The molecule has 0 bridgehead atoms. The number of benzene rings is 1. The van der Waals surface area contributed by atoms with E-state index in [0.717, 1.165) is 31.5 Å². The lowest BCUT2D eigenvalue weighted by atomic mass is 9.83. The van der Waals surface area contributed by atoms with E-state index in [1.807, 2.05) is 35.2 Å². The number of carbonyl (C=O) groups is 2. The molecule has 2 saturated heterocycles. The first kappa shape index (κ1) is 22.7. The maximum absolute atomic E-state index is 12.6. The summed E-state index contributed by atoms with van der Waals surface area (Å²) in [5, 5.41) is 6.43. The minimum absolute atomic E-state index is 0. The number of piperidine rings is 2. The maximum Gasteiger partial charge on any atom is 0.223 e. The van der Waals surface area contributed by atoms with Crippen LogP contribution in [-0.2, 0) is 16.1 Å². The lowest BCUT2D eigenvalue weighted by Crippen LogP contribution is -2.43. The fourth-order valence-corrected chi connectivity index (χ4v) is 4.30. The second-order valence-corrected chi connectivity index (χ2v) is 8.13. The SMILES string of the molecule is CC(CC(=O)N1CCC(C(=O)NCc2ccccc2)CC1)C1CCNCC1.Cl. The summed E-state index contributed by atoms with van der Waals surface area (Å²) in [5.41, 5.74) is 1.12.